The van der Waals surface area contributed by atoms with E-state index >= 15 is 0 Å². The highest BCUT2D eigenvalue weighted by atomic mass is 79.9. The van der Waals surface area contributed by atoms with Gasteiger partial charge in [-0.3, -0.25) is 4.79 Å². The molecule has 0 aliphatic heterocycles. The number of urea groups is 1. The van der Waals surface area contributed by atoms with E-state index in [0.29, 0.717) is 10.2 Å². The molecule has 0 radical (unpaired) electrons. The Morgan fingerprint density at radius 3 is 2.36 bits per heavy atom. The standard InChI is InChI=1S/C16H15BrClN3O6S/c17-9-3-1-2-4-11(9)20-16(25)21-12-6-5-10(18)15(14(12)24)28(26,27)19-8-7-13(22)23/h1-6,19,24H,7-8H2,(H,22,23)(H2,20,21,25). The molecule has 0 unspecified atom stereocenters. The molecule has 2 aromatic rings. The smallest absolute Gasteiger partial charge is 0.323 e. The summed E-state index contributed by atoms with van der Waals surface area (Å²) < 4.78 is 27.3. The van der Waals surface area contributed by atoms with Crippen LogP contribution in [0.1, 0.15) is 6.42 Å². The van der Waals surface area contributed by atoms with Gasteiger partial charge < -0.3 is 20.8 Å². The van der Waals surface area contributed by atoms with Crippen molar-refractivity contribution in [2.45, 2.75) is 11.3 Å². The first-order valence-corrected chi connectivity index (χ1v) is 10.3. The Hall–Kier alpha value is -2.34. The number of aromatic hydroxyl groups is 1. The molecule has 0 saturated heterocycles. The van der Waals surface area contributed by atoms with Crippen LogP contribution in [0.25, 0.3) is 0 Å². The largest absolute Gasteiger partial charge is 0.504 e. The van der Waals surface area contributed by atoms with E-state index in [9.17, 15) is 23.1 Å². The number of carboxylic acid groups (broad SMARTS) is 1. The predicted octanol–water partition coefficient (Wildman–Crippen LogP) is 3.21. The predicted molar refractivity (Wildman–Crippen MR) is 107 cm³/mol. The third-order valence-corrected chi connectivity index (χ3v) is 6.01. The van der Waals surface area contributed by atoms with E-state index < -0.39 is 45.6 Å². The lowest BCUT2D eigenvalue weighted by molar-refractivity contribution is -0.136. The summed E-state index contributed by atoms with van der Waals surface area (Å²) in [7, 11) is -4.32. The highest BCUT2D eigenvalue weighted by Gasteiger charge is 2.25. The van der Waals surface area contributed by atoms with E-state index in [2.05, 4.69) is 26.6 Å². The van der Waals surface area contributed by atoms with Crippen LogP contribution in [0, 0.1) is 0 Å². The number of carboxylic acids is 1. The van der Waals surface area contributed by atoms with Gasteiger partial charge in [0.1, 0.15) is 4.90 Å². The minimum absolute atomic E-state index is 0.201. The van der Waals surface area contributed by atoms with Crippen molar-refractivity contribution in [3.05, 3.63) is 45.9 Å². The fourth-order valence-electron chi connectivity index (χ4n) is 2.11. The lowest BCUT2D eigenvalue weighted by Gasteiger charge is -2.14. The van der Waals surface area contributed by atoms with Gasteiger partial charge in [-0.2, -0.15) is 0 Å². The Bertz CT molecular complexity index is 1020. The summed E-state index contributed by atoms with van der Waals surface area (Å²) in [6.45, 7) is -0.395. The van der Waals surface area contributed by atoms with Gasteiger partial charge in [0, 0.05) is 11.0 Å². The van der Waals surface area contributed by atoms with E-state index in [0.717, 1.165) is 0 Å². The number of phenolic OH excluding ortho intramolecular Hbond substituents is 1. The normalized spacial score (nSPS) is 11.1. The molecule has 150 valence electrons. The molecule has 0 saturated carbocycles. The molecule has 0 spiro atoms. The van der Waals surface area contributed by atoms with Crippen LogP contribution in [0.4, 0.5) is 16.2 Å². The number of carbonyl (C=O) groups excluding carboxylic acids is 1. The van der Waals surface area contributed by atoms with Crippen LogP contribution >= 0.6 is 27.5 Å². The van der Waals surface area contributed by atoms with Gasteiger partial charge in [0.25, 0.3) is 0 Å². The number of para-hydroxylation sites is 1. The van der Waals surface area contributed by atoms with Crippen molar-refractivity contribution in [2.75, 3.05) is 17.2 Å². The van der Waals surface area contributed by atoms with E-state index in [-0.39, 0.29) is 10.7 Å². The van der Waals surface area contributed by atoms with Crippen molar-refractivity contribution >= 4 is 60.9 Å². The molecule has 12 heteroatoms. The summed E-state index contributed by atoms with van der Waals surface area (Å²) in [6, 6.07) is 8.48. The summed E-state index contributed by atoms with van der Waals surface area (Å²) in [5.41, 5.74) is 0.254. The number of phenols is 1. The van der Waals surface area contributed by atoms with Gasteiger partial charge in [-0.05, 0) is 40.2 Å². The maximum absolute atomic E-state index is 12.3. The molecule has 2 amide bonds. The van der Waals surface area contributed by atoms with Gasteiger partial charge in [-0.1, -0.05) is 23.7 Å². The molecular weight excluding hydrogens is 478 g/mol. The molecule has 0 heterocycles. The van der Waals surface area contributed by atoms with Crippen molar-refractivity contribution in [3.63, 3.8) is 0 Å². The number of hydrogen-bond acceptors (Lipinski definition) is 5. The molecule has 0 bridgehead atoms. The lowest BCUT2D eigenvalue weighted by atomic mass is 10.3. The lowest BCUT2D eigenvalue weighted by Crippen LogP contribution is -2.27. The van der Waals surface area contributed by atoms with Crippen LogP contribution in [-0.4, -0.2) is 37.2 Å². The van der Waals surface area contributed by atoms with Crippen LogP contribution in [0.5, 0.6) is 5.75 Å². The summed E-state index contributed by atoms with van der Waals surface area (Å²) in [4.78, 5) is 22.0. The van der Waals surface area contributed by atoms with Crippen LogP contribution in [0.3, 0.4) is 0 Å². The monoisotopic (exact) mass is 491 g/mol. The molecule has 0 aliphatic carbocycles. The van der Waals surface area contributed by atoms with E-state index in [1.807, 2.05) is 4.72 Å². The molecule has 0 fully saturated rings. The SMILES string of the molecule is O=C(O)CCNS(=O)(=O)c1c(Cl)ccc(NC(=O)Nc2ccccc2Br)c1O. The van der Waals surface area contributed by atoms with Crippen molar-refractivity contribution in [3.8, 4) is 5.75 Å². The Morgan fingerprint density at radius 2 is 1.71 bits per heavy atom. The number of sulfonamides is 1. The van der Waals surface area contributed by atoms with E-state index in [1.165, 1.54) is 12.1 Å². The van der Waals surface area contributed by atoms with Crippen LogP contribution in [0.15, 0.2) is 45.8 Å². The fraction of sp³-hybridized carbons (Fsp3) is 0.125. The van der Waals surface area contributed by atoms with Gasteiger partial charge in [0.2, 0.25) is 10.0 Å². The van der Waals surface area contributed by atoms with Crippen LogP contribution in [-0.2, 0) is 14.8 Å². The van der Waals surface area contributed by atoms with Gasteiger partial charge in [-0.25, -0.2) is 17.9 Å². The highest BCUT2D eigenvalue weighted by Crippen LogP contribution is 2.36. The number of carbonyl (C=O) groups is 2. The van der Waals surface area contributed by atoms with Crippen molar-refractivity contribution < 1.29 is 28.2 Å². The molecule has 0 atom stereocenters. The molecule has 0 aromatic heterocycles. The van der Waals surface area contributed by atoms with E-state index in [1.54, 1.807) is 24.3 Å². The number of aliphatic carboxylic acids is 1. The average Bonchev–Trinajstić information content (AvgIpc) is 2.59. The minimum atomic E-state index is -4.32. The van der Waals surface area contributed by atoms with Crippen molar-refractivity contribution in [1.82, 2.24) is 4.72 Å². The van der Waals surface area contributed by atoms with Gasteiger partial charge in [0.15, 0.2) is 5.75 Å². The van der Waals surface area contributed by atoms with Crippen molar-refractivity contribution in [1.29, 1.82) is 0 Å². The molecule has 28 heavy (non-hydrogen) atoms. The third kappa shape index (κ3) is 5.58. The highest BCUT2D eigenvalue weighted by molar-refractivity contribution is 9.10. The number of amides is 2. The number of nitrogens with one attached hydrogen (secondary N) is 3. The second-order valence-corrected chi connectivity index (χ2v) is 8.34. The third-order valence-electron chi connectivity index (χ3n) is 3.35. The Kier molecular flexibility index (Phi) is 7.24. The number of benzene rings is 2. The Morgan fingerprint density at radius 1 is 1.07 bits per heavy atom. The van der Waals surface area contributed by atoms with Gasteiger partial charge in [-0.15, -0.1) is 0 Å². The fourth-order valence-corrected chi connectivity index (χ4v) is 4.15. The van der Waals surface area contributed by atoms with E-state index in [4.69, 9.17) is 16.7 Å². The molecule has 0 aliphatic rings. The number of hydrogen-bond donors (Lipinski definition) is 5. The van der Waals surface area contributed by atoms with Crippen LogP contribution < -0.4 is 15.4 Å². The molecule has 2 aromatic carbocycles. The number of halogens is 2. The molecular formula is C16H15BrClN3O6S. The second kappa shape index (κ2) is 9.24. The number of rotatable bonds is 7. The second-order valence-electron chi connectivity index (χ2n) is 5.37. The first-order valence-electron chi connectivity index (χ1n) is 7.67. The maximum Gasteiger partial charge on any atom is 0.323 e. The number of anilines is 2. The van der Waals surface area contributed by atoms with Crippen molar-refractivity contribution in [2.24, 2.45) is 0 Å². The summed E-state index contributed by atoms with van der Waals surface area (Å²) in [5, 5.41) is 23.5. The first-order chi connectivity index (χ1) is 13.1. The zero-order valence-electron chi connectivity index (χ0n) is 14.1. The topological polar surface area (TPSA) is 145 Å². The minimum Gasteiger partial charge on any atom is -0.504 e. The van der Waals surface area contributed by atoms with Crippen LogP contribution in [0.2, 0.25) is 5.02 Å². The van der Waals surface area contributed by atoms with Gasteiger partial charge >= 0.3 is 12.0 Å². The summed E-state index contributed by atoms with van der Waals surface area (Å²) >= 11 is 9.15. The zero-order chi connectivity index (χ0) is 20.9. The molecule has 9 nitrogen and oxygen atoms in total. The zero-order valence-corrected chi connectivity index (χ0v) is 17.2. The summed E-state index contributed by atoms with van der Waals surface area (Å²) in [5.74, 6) is -1.98. The maximum atomic E-state index is 12.3. The first kappa shape index (κ1) is 22.0. The molecule has 2 rings (SSSR count). The quantitative estimate of drug-likeness (QED) is 0.375. The molecule has 5 N–H and O–H groups in total. The Balaban J connectivity index is 2.23. The van der Waals surface area contributed by atoms with Gasteiger partial charge in [0.05, 0.1) is 22.8 Å². The Labute approximate surface area is 173 Å². The summed E-state index contributed by atoms with van der Waals surface area (Å²) in [6.07, 6.45) is -0.454. The average molecular weight is 493 g/mol.